The molecule has 0 saturated heterocycles. The quantitative estimate of drug-likeness (QED) is 0.639. The van der Waals surface area contributed by atoms with Gasteiger partial charge in [-0.1, -0.05) is 11.6 Å². The van der Waals surface area contributed by atoms with E-state index in [0.29, 0.717) is 9.13 Å². The summed E-state index contributed by atoms with van der Waals surface area (Å²) in [6.07, 6.45) is 0. The lowest BCUT2D eigenvalue weighted by molar-refractivity contribution is 0.101. The third kappa shape index (κ3) is 1.72. The van der Waals surface area contributed by atoms with Gasteiger partial charge in [0.25, 0.3) is 0 Å². The van der Waals surface area contributed by atoms with Gasteiger partial charge in [-0.15, -0.1) is 0 Å². The first-order valence-electron chi connectivity index (χ1n) is 3.22. The van der Waals surface area contributed by atoms with Crippen LogP contribution in [0.4, 0.5) is 0 Å². The highest BCUT2D eigenvalue weighted by atomic mass is 127. The molecule has 0 saturated carbocycles. The van der Waals surface area contributed by atoms with Gasteiger partial charge in [-0.3, -0.25) is 4.79 Å². The van der Waals surface area contributed by atoms with E-state index < -0.39 is 0 Å². The van der Waals surface area contributed by atoms with Crippen molar-refractivity contribution in [1.82, 2.24) is 0 Å². The summed E-state index contributed by atoms with van der Waals surface area (Å²) >= 11 is 7.65. The number of hydrogen-bond donors (Lipinski definition) is 1. The van der Waals surface area contributed by atoms with Crippen LogP contribution in [0.3, 0.4) is 0 Å². The highest BCUT2D eigenvalue weighted by Crippen LogP contribution is 2.30. The Morgan fingerprint density at radius 2 is 2.17 bits per heavy atom. The number of aromatic hydroxyl groups is 1. The molecule has 0 bridgehead atoms. The maximum Gasteiger partial charge on any atom is 0.160 e. The molecule has 1 aromatic rings. The second-order valence-electron chi connectivity index (χ2n) is 2.32. The standard InChI is InChI=1S/C8H6ClIO2/c1-4(11)5-2-3-6(12)7(9)8(5)10/h2-3,12H,1H3. The van der Waals surface area contributed by atoms with E-state index in [4.69, 9.17) is 16.7 Å². The van der Waals surface area contributed by atoms with Crippen LogP contribution in [0.5, 0.6) is 5.75 Å². The first-order valence-corrected chi connectivity index (χ1v) is 4.67. The molecule has 0 aliphatic heterocycles. The molecule has 0 spiro atoms. The summed E-state index contributed by atoms with van der Waals surface area (Å²) in [5.74, 6) is -0.0487. The van der Waals surface area contributed by atoms with Gasteiger partial charge in [0.1, 0.15) is 5.75 Å². The number of halogens is 2. The van der Waals surface area contributed by atoms with E-state index in [1.165, 1.54) is 13.0 Å². The number of Topliss-reactive ketones (excluding diaryl/α,β-unsaturated/α-hetero) is 1. The van der Waals surface area contributed by atoms with Crippen LogP contribution in [0.15, 0.2) is 12.1 Å². The van der Waals surface area contributed by atoms with Crippen LogP contribution in [-0.4, -0.2) is 10.9 Å². The molecule has 0 radical (unpaired) electrons. The van der Waals surface area contributed by atoms with Crippen molar-refractivity contribution in [3.63, 3.8) is 0 Å². The van der Waals surface area contributed by atoms with Crippen LogP contribution in [0.2, 0.25) is 5.02 Å². The fourth-order valence-electron chi connectivity index (χ4n) is 0.811. The molecule has 0 unspecified atom stereocenters. The van der Waals surface area contributed by atoms with E-state index in [1.54, 1.807) is 6.07 Å². The zero-order valence-corrected chi connectivity index (χ0v) is 9.18. The van der Waals surface area contributed by atoms with E-state index in [0.717, 1.165) is 0 Å². The van der Waals surface area contributed by atoms with Gasteiger partial charge in [-0.05, 0) is 41.6 Å². The Bertz CT molecular complexity index is 336. The number of phenols is 1. The Morgan fingerprint density at radius 1 is 1.58 bits per heavy atom. The van der Waals surface area contributed by atoms with E-state index in [2.05, 4.69) is 0 Å². The second-order valence-corrected chi connectivity index (χ2v) is 3.77. The van der Waals surface area contributed by atoms with Crippen molar-refractivity contribution in [1.29, 1.82) is 0 Å². The molecule has 2 nitrogen and oxygen atoms in total. The average molecular weight is 296 g/mol. The zero-order chi connectivity index (χ0) is 9.30. The first-order chi connectivity index (χ1) is 5.54. The molecule has 4 heteroatoms. The number of phenolic OH excluding ortho intramolecular Hbond substituents is 1. The molecule has 1 aromatic carbocycles. The molecule has 0 amide bonds. The van der Waals surface area contributed by atoms with Crippen LogP contribution in [-0.2, 0) is 0 Å². The minimum absolute atomic E-state index is 0.00562. The van der Waals surface area contributed by atoms with Gasteiger partial charge in [0.15, 0.2) is 5.78 Å². The minimum Gasteiger partial charge on any atom is -0.506 e. The van der Waals surface area contributed by atoms with Crippen LogP contribution < -0.4 is 0 Å². The molecule has 0 aliphatic carbocycles. The monoisotopic (exact) mass is 296 g/mol. The molecule has 0 aliphatic rings. The Hall–Kier alpha value is -0.290. The first kappa shape index (κ1) is 9.80. The third-order valence-electron chi connectivity index (χ3n) is 1.44. The predicted octanol–water partition coefficient (Wildman–Crippen LogP) is 2.85. The molecule has 0 fully saturated rings. The summed E-state index contributed by atoms with van der Waals surface area (Å²) in [5.41, 5.74) is 0.540. The summed E-state index contributed by atoms with van der Waals surface area (Å²) in [4.78, 5) is 11.0. The van der Waals surface area contributed by atoms with Crippen LogP contribution >= 0.6 is 34.2 Å². The Labute approximate surface area is 88.7 Å². The van der Waals surface area contributed by atoms with Gasteiger partial charge in [0.05, 0.1) is 5.02 Å². The summed E-state index contributed by atoms with van der Waals surface area (Å²) < 4.78 is 0.599. The molecule has 1 N–H and O–H groups in total. The molecular formula is C8H6ClIO2. The lowest BCUT2D eigenvalue weighted by Crippen LogP contribution is -1.95. The van der Waals surface area contributed by atoms with Crippen LogP contribution in [0.1, 0.15) is 17.3 Å². The smallest absolute Gasteiger partial charge is 0.160 e. The van der Waals surface area contributed by atoms with Crippen molar-refractivity contribution >= 4 is 40.0 Å². The Morgan fingerprint density at radius 3 is 2.67 bits per heavy atom. The van der Waals surface area contributed by atoms with Crippen molar-refractivity contribution in [3.8, 4) is 5.75 Å². The minimum atomic E-state index is -0.0544. The van der Waals surface area contributed by atoms with Gasteiger partial charge < -0.3 is 5.11 Å². The van der Waals surface area contributed by atoms with Crippen molar-refractivity contribution in [2.24, 2.45) is 0 Å². The molecule has 12 heavy (non-hydrogen) atoms. The van der Waals surface area contributed by atoms with E-state index in [1.807, 2.05) is 22.6 Å². The molecule has 1 rings (SSSR count). The van der Waals surface area contributed by atoms with Gasteiger partial charge in [-0.2, -0.15) is 0 Å². The lowest BCUT2D eigenvalue weighted by atomic mass is 10.1. The second kappa shape index (κ2) is 3.62. The zero-order valence-electron chi connectivity index (χ0n) is 6.27. The van der Waals surface area contributed by atoms with Crippen LogP contribution in [0, 0.1) is 3.57 Å². The SMILES string of the molecule is CC(=O)c1ccc(O)c(Cl)c1I. The lowest BCUT2D eigenvalue weighted by Gasteiger charge is -2.03. The van der Waals surface area contributed by atoms with E-state index in [9.17, 15) is 4.79 Å². The molecule has 0 aromatic heterocycles. The number of rotatable bonds is 1. The average Bonchev–Trinajstić information content (AvgIpc) is 2.00. The highest BCUT2D eigenvalue weighted by molar-refractivity contribution is 14.1. The number of benzene rings is 1. The number of carbonyl (C=O) groups excluding carboxylic acids is 1. The fourth-order valence-corrected chi connectivity index (χ4v) is 1.81. The molecule has 0 atom stereocenters. The van der Waals surface area contributed by atoms with Gasteiger partial charge in [0.2, 0.25) is 0 Å². The van der Waals surface area contributed by atoms with E-state index in [-0.39, 0.29) is 16.6 Å². The van der Waals surface area contributed by atoms with Gasteiger partial charge in [-0.25, -0.2) is 0 Å². The van der Waals surface area contributed by atoms with Crippen LogP contribution in [0.25, 0.3) is 0 Å². The van der Waals surface area contributed by atoms with Crippen molar-refractivity contribution in [3.05, 3.63) is 26.3 Å². The van der Waals surface area contributed by atoms with Crippen molar-refractivity contribution in [2.45, 2.75) is 6.92 Å². The third-order valence-corrected chi connectivity index (χ3v) is 3.26. The highest BCUT2D eigenvalue weighted by Gasteiger charge is 2.10. The predicted molar refractivity (Wildman–Crippen MR) is 55.8 cm³/mol. The van der Waals surface area contributed by atoms with E-state index >= 15 is 0 Å². The number of carbonyl (C=O) groups is 1. The number of hydrogen-bond acceptors (Lipinski definition) is 2. The Kier molecular flexibility index (Phi) is 2.95. The molecule has 0 heterocycles. The summed E-state index contributed by atoms with van der Waals surface area (Å²) in [6.45, 7) is 1.46. The Balaban J connectivity index is 3.36. The van der Waals surface area contributed by atoms with Gasteiger partial charge in [0, 0.05) is 9.13 Å². The molecule has 64 valence electrons. The van der Waals surface area contributed by atoms with Crippen molar-refractivity contribution < 1.29 is 9.90 Å². The number of ketones is 1. The summed E-state index contributed by atoms with van der Waals surface area (Å²) in [5, 5.41) is 9.40. The summed E-state index contributed by atoms with van der Waals surface area (Å²) in [7, 11) is 0. The maximum atomic E-state index is 11.0. The normalized spacial score (nSPS) is 9.92. The maximum absolute atomic E-state index is 11.0. The summed E-state index contributed by atoms with van der Waals surface area (Å²) in [6, 6.07) is 2.98. The topological polar surface area (TPSA) is 37.3 Å². The molecular weight excluding hydrogens is 290 g/mol. The largest absolute Gasteiger partial charge is 0.506 e. The van der Waals surface area contributed by atoms with Gasteiger partial charge >= 0.3 is 0 Å². The van der Waals surface area contributed by atoms with Crippen molar-refractivity contribution in [2.75, 3.05) is 0 Å². The fraction of sp³-hybridized carbons (Fsp3) is 0.125.